The lowest BCUT2D eigenvalue weighted by Crippen LogP contribution is -2.53. The fourth-order valence-electron chi connectivity index (χ4n) is 2.13. The average Bonchev–Trinajstić information content (AvgIpc) is 2.31. The van der Waals surface area contributed by atoms with Crippen LogP contribution < -0.4 is 0 Å². The first-order chi connectivity index (χ1) is 8.80. The number of halogens is 4. The van der Waals surface area contributed by atoms with Crippen molar-refractivity contribution >= 4 is 11.6 Å². The van der Waals surface area contributed by atoms with Gasteiger partial charge < -0.3 is 5.11 Å². The highest BCUT2D eigenvalue weighted by atomic mass is 35.5. The molecular formula is C12H14ClF3N2O. The predicted molar refractivity (Wildman–Crippen MR) is 64.8 cm³/mol. The minimum Gasteiger partial charge on any atom is -0.380 e. The van der Waals surface area contributed by atoms with Crippen LogP contribution in [0.1, 0.15) is 18.5 Å². The highest BCUT2D eigenvalue weighted by Crippen LogP contribution is 2.38. The van der Waals surface area contributed by atoms with Gasteiger partial charge in [-0.05, 0) is 25.0 Å². The van der Waals surface area contributed by atoms with Crippen LogP contribution in [-0.2, 0) is 6.54 Å². The van der Waals surface area contributed by atoms with E-state index in [-0.39, 0.29) is 25.9 Å². The van der Waals surface area contributed by atoms with E-state index < -0.39 is 11.8 Å². The van der Waals surface area contributed by atoms with E-state index in [9.17, 15) is 18.3 Å². The monoisotopic (exact) mass is 294 g/mol. The summed E-state index contributed by atoms with van der Waals surface area (Å²) in [5.74, 6) is 0. The van der Waals surface area contributed by atoms with Crippen LogP contribution in [0.5, 0.6) is 0 Å². The molecule has 2 rings (SSSR count). The maximum absolute atomic E-state index is 12.6. The zero-order valence-corrected chi connectivity index (χ0v) is 10.9. The Morgan fingerprint density at radius 1 is 1.37 bits per heavy atom. The maximum atomic E-state index is 12.6. The second kappa shape index (κ2) is 5.26. The molecule has 0 radical (unpaired) electrons. The first-order valence-electron chi connectivity index (χ1n) is 5.92. The Morgan fingerprint density at radius 2 is 2.00 bits per heavy atom. The molecule has 0 aliphatic carbocycles. The van der Waals surface area contributed by atoms with Gasteiger partial charge in [-0.2, -0.15) is 13.2 Å². The number of nitrogens with zero attached hydrogens (tertiary/aromatic N) is 2. The van der Waals surface area contributed by atoms with E-state index in [2.05, 4.69) is 4.98 Å². The van der Waals surface area contributed by atoms with Crippen molar-refractivity contribution in [2.45, 2.75) is 31.2 Å². The summed E-state index contributed by atoms with van der Waals surface area (Å²) in [7, 11) is 0. The number of alkyl halides is 3. The van der Waals surface area contributed by atoms with Crippen LogP contribution >= 0.6 is 11.6 Å². The van der Waals surface area contributed by atoms with Crippen molar-refractivity contribution in [2.24, 2.45) is 0 Å². The molecule has 0 unspecified atom stereocenters. The Kier molecular flexibility index (Phi) is 4.03. The van der Waals surface area contributed by atoms with E-state index in [0.717, 1.165) is 0 Å². The lowest BCUT2D eigenvalue weighted by molar-refractivity contribution is -0.272. The highest BCUT2D eigenvalue weighted by Gasteiger charge is 2.54. The molecule has 1 fully saturated rings. The molecule has 0 atom stereocenters. The van der Waals surface area contributed by atoms with Crippen LogP contribution in [0.25, 0.3) is 0 Å². The number of hydrogen-bond donors (Lipinski definition) is 1. The van der Waals surface area contributed by atoms with Gasteiger partial charge in [-0.25, -0.2) is 0 Å². The molecule has 1 saturated heterocycles. The maximum Gasteiger partial charge on any atom is 0.417 e. The van der Waals surface area contributed by atoms with Gasteiger partial charge in [-0.15, -0.1) is 0 Å². The summed E-state index contributed by atoms with van der Waals surface area (Å²) in [5, 5.41) is 10.1. The largest absolute Gasteiger partial charge is 0.417 e. The molecule has 1 aromatic heterocycles. The van der Waals surface area contributed by atoms with Crippen LogP contribution in [0.3, 0.4) is 0 Å². The molecule has 19 heavy (non-hydrogen) atoms. The number of rotatable bonds is 2. The Labute approximate surface area is 114 Å². The number of aliphatic hydroxyl groups is 1. The van der Waals surface area contributed by atoms with Crippen LogP contribution in [0.4, 0.5) is 13.2 Å². The summed E-state index contributed by atoms with van der Waals surface area (Å²) in [4.78, 5) is 5.94. The van der Waals surface area contributed by atoms with E-state index in [1.54, 1.807) is 18.3 Å². The molecule has 0 aromatic carbocycles. The topological polar surface area (TPSA) is 36.4 Å². The molecule has 2 heterocycles. The van der Waals surface area contributed by atoms with Crippen molar-refractivity contribution in [3.05, 3.63) is 29.0 Å². The number of hydrogen-bond acceptors (Lipinski definition) is 3. The van der Waals surface area contributed by atoms with Crippen LogP contribution in [0.2, 0.25) is 5.02 Å². The first kappa shape index (κ1) is 14.6. The summed E-state index contributed by atoms with van der Waals surface area (Å²) < 4.78 is 37.9. The molecule has 0 spiro atoms. The predicted octanol–water partition coefficient (Wildman–Crippen LogP) is 2.62. The van der Waals surface area contributed by atoms with E-state index >= 15 is 0 Å². The summed E-state index contributed by atoms with van der Waals surface area (Å²) in [6.07, 6.45) is -3.62. The van der Waals surface area contributed by atoms with Crippen molar-refractivity contribution in [2.75, 3.05) is 13.1 Å². The Hall–Kier alpha value is -0.850. The quantitative estimate of drug-likeness (QED) is 0.911. The smallest absolute Gasteiger partial charge is 0.380 e. The standard InChI is InChI=1S/C12H14ClF3N2O/c13-9-1-4-17-10(7-9)8-18-5-2-11(19,3-6-18)12(14,15)16/h1,4,7,19H,2-3,5-6,8H2. The normalized spacial score (nSPS) is 20.5. The van der Waals surface area contributed by atoms with Gasteiger partial charge in [0.25, 0.3) is 0 Å². The molecule has 1 N–H and O–H groups in total. The molecule has 1 aromatic rings. The second-order valence-corrected chi connectivity index (χ2v) is 5.21. The van der Waals surface area contributed by atoms with Crippen molar-refractivity contribution < 1.29 is 18.3 Å². The third-order valence-corrected chi connectivity index (χ3v) is 3.61. The van der Waals surface area contributed by atoms with E-state index in [1.165, 1.54) is 0 Å². The van der Waals surface area contributed by atoms with E-state index in [4.69, 9.17) is 11.6 Å². The Balaban J connectivity index is 1.94. The molecule has 0 bridgehead atoms. The number of piperidine rings is 1. The molecule has 0 amide bonds. The van der Waals surface area contributed by atoms with Gasteiger partial charge in [0.05, 0.1) is 5.69 Å². The first-order valence-corrected chi connectivity index (χ1v) is 6.30. The SMILES string of the molecule is OC1(C(F)(F)F)CCN(Cc2cc(Cl)ccn2)CC1. The third kappa shape index (κ3) is 3.38. The van der Waals surface area contributed by atoms with Crippen molar-refractivity contribution in [3.63, 3.8) is 0 Å². The zero-order chi connectivity index (χ0) is 14.1. The summed E-state index contributed by atoms with van der Waals surface area (Å²) in [6, 6.07) is 3.33. The average molecular weight is 295 g/mol. The van der Waals surface area contributed by atoms with Gasteiger partial charge in [-0.3, -0.25) is 9.88 Å². The molecule has 7 heteroatoms. The zero-order valence-electron chi connectivity index (χ0n) is 10.1. The van der Waals surface area contributed by atoms with Gasteiger partial charge in [0.2, 0.25) is 0 Å². The van der Waals surface area contributed by atoms with Gasteiger partial charge in [-0.1, -0.05) is 11.6 Å². The Bertz CT molecular complexity index is 445. The number of aromatic nitrogens is 1. The minimum atomic E-state index is -4.56. The summed E-state index contributed by atoms with van der Waals surface area (Å²) in [5.41, 5.74) is -1.84. The fraction of sp³-hybridized carbons (Fsp3) is 0.583. The minimum absolute atomic E-state index is 0.185. The molecule has 1 aliphatic heterocycles. The van der Waals surface area contributed by atoms with E-state index in [0.29, 0.717) is 17.3 Å². The summed E-state index contributed by atoms with van der Waals surface area (Å²) >= 11 is 5.82. The molecule has 0 saturated carbocycles. The molecule has 3 nitrogen and oxygen atoms in total. The molecular weight excluding hydrogens is 281 g/mol. The molecule has 106 valence electrons. The lowest BCUT2D eigenvalue weighted by atomic mass is 9.91. The fourth-order valence-corrected chi connectivity index (χ4v) is 2.31. The van der Waals surface area contributed by atoms with Crippen molar-refractivity contribution in [1.29, 1.82) is 0 Å². The van der Waals surface area contributed by atoms with Gasteiger partial charge in [0.15, 0.2) is 5.60 Å². The van der Waals surface area contributed by atoms with Gasteiger partial charge in [0.1, 0.15) is 0 Å². The second-order valence-electron chi connectivity index (χ2n) is 4.77. The van der Waals surface area contributed by atoms with Crippen molar-refractivity contribution in [3.8, 4) is 0 Å². The summed E-state index contributed by atoms with van der Waals surface area (Å²) in [6.45, 7) is 0.808. The Morgan fingerprint density at radius 3 is 2.53 bits per heavy atom. The highest BCUT2D eigenvalue weighted by molar-refractivity contribution is 6.30. The van der Waals surface area contributed by atoms with Gasteiger partial charge in [0, 0.05) is 30.9 Å². The number of likely N-dealkylation sites (tertiary alicyclic amines) is 1. The molecule has 1 aliphatic rings. The van der Waals surface area contributed by atoms with Crippen LogP contribution in [0.15, 0.2) is 18.3 Å². The lowest BCUT2D eigenvalue weighted by Gasteiger charge is -2.38. The number of pyridine rings is 1. The van der Waals surface area contributed by atoms with E-state index in [1.807, 2.05) is 4.90 Å². The van der Waals surface area contributed by atoms with Crippen molar-refractivity contribution in [1.82, 2.24) is 9.88 Å². The van der Waals surface area contributed by atoms with Gasteiger partial charge >= 0.3 is 6.18 Å². The van der Waals surface area contributed by atoms with Crippen LogP contribution in [-0.4, -0.2) is 39.9 Å². The third-order valence-electron chi connectivity index (χ3n) is 3.38. The van der Waals surface area contributed by atoms with Crippen LogP contribution in [0, 0.1) is 0 Å².